The van der Waals surface area contributed by atoms with Crippen LogP contribution < -0.4 is 13.6 Å². The van der Waals surface area contributed by atoms with E-state index in [-0.39, 0.29) is 0 Å². The predicted octanol–water partition coefficient (Wildman–Crippen LogP) is 5.46. The Bertz CT molecular complexity index is 665. The van der Waals surface area contributed by atoms with Crippen LogP contribution >= 0.6 is 8.09 Å². The molecule has 5 heteroatoms. The number of hydrogen-bond donors (Lipinski definition) is 0. The molecule has 0 bridgehead atoms. The first-order chi connectivity index (χ1) is 12.2. The highest BCUT2D eigenvalue weighted by molar-refractivity contribution is 7.60. The first-order valence-corrected chi connectivity index (χ1v) is 9.48. The SMILES string of the molecule is CN(C)[P+](Oc1ccccc1)(Oc1ccccc1)Oc1ccccc1. The van der Waals surface area contributed by atoms with Crippen LogP contribution in [0.5, 0.6) is 17.2 Å². The minimum Gasteiger partial charge on any atom is -0.257 e. The van der Waals surface area contributed by atoms with Gasteiger partial charge in [0.05, 0.1) is 0 Å². The molecule has 0 spiro atoms. The van der Waals surface area contributed by atoms with E-state index in [9.17, 15) is 0 Å². The van der Waals surface area contributed by atoms with Crippen molar-refractivity contribution >= 4 is 8.09 Å². The van der Waals surface area contributed by atoms with Crippen molar-refractivity contribution < 1.29 is 13.6 Å². The van der Waals surface area contributed by atoms with Crippen molar-refractivity contribution in [2.75, 3.05) is 14.1 Å². The van der Waals surface area contributed by atoms with E-state index < -0.39 is 8.09 Å². The summed E-state index contributed by atoms with van der Waals surface area (Å²) < 4.78 is 20.7. The summed E-state index contributed by atoms with van der Waals surface area (Å²) in [6, 6.07) is 28.7. The van der Waals surface area contributed by atoms with Gasteiger partial charge in [-0.2, -0.15) is 0 Å². The smallest absolute Gasteiger partial charge is 0.257 e. The third-order valence-electron chi connectivity index (χ3n) is 3.38. The Morgan fingerprint density at radius 3 is 1.04 bits per heavy atom. The van der Waals surface area contributed by atoms with Gasteiger partial charge in [-0.25, -0.2) is 0 Å². The second kappa shape index (κ2) is 8.02. The maximum atomic E-state index is 6.26. The molecule has 0 atom stereocenters. The molecule has 0 fully saturated rings. The van der Waals surface area contributed by atoms with Gasteiger partial charge >= 0.3 is 8.09 Å². The van der Waals surface area contributed by atoms with Crippen molar-refractivity contribution in [3.8, 4) is 17.2 Å². The summed E-state index contributed by atoms with van der Waals surface area (Å²) in [5, 5.41) is 0. The third-order valence-corrected chi connectivity index (χ3v) is 5.69. The molecule has 0 saturated heterocycles. The lowest BCUT2D eigenvalue weighted by Crippen LogP contribution is -2.28. The molecule has 0 heterocycles. The summed E-state index contributed by atoms with van der Waals surface area (Å²) in [5.41, 5.74) is 0. The normalized spacial score (nSPS) is 11.2. The average molecular weight is 354 g/mol. The summed E-state index contributed by atoms with van der Waals surface area (Å²) in [5.74, 6) is 2.07. The highest BCUT2D eigenvalue weighted by atomic mass is 31.2. The summed E-state index contributed by atoms with van der Waals surface area (Å²) in [6.45, 7) is 0. The van der Waals surface area contributed by atoms with Gasteiger partial charge in [0.1, 0.15) is 0 Å². The van der Waals surface area contributed by atoms with Crippen molar-refractivity contribution in [1.29, 1.82) is 0 Å². The van der Waals surface area contributed by atoms with Crippen molar-refractivity contribution in [1.82, 2.24) is 4.67 Å². The Balaban J connectivity index is 1.97. The summed E-state index contributed by atoms with van der Waals surface area (Å²) in [7, 11) is 0.882. The van der Waals surface area contributed by atoms with E-state index in [4.69, 9.17) is 13.6 Å². The number of hydrogen-bond acceptors (Lipinski definition) is 4. The van der Waals surface area contributed by atoms with Crippen LogP contribution in [0.4, 0.5) is 0 Å². The van der Waals surface area contributed by atoms with Gasteiger partial charge in [-0.1, -0.05) is 59.3 Å². The Kier molecular flexibility index (Phi) is 5.54. The summed E-state index contributed by atoms with van der Waals surface area (Å²) in [4.78, 5) is 0. The molecule has 0 saturated carbocycles. The second-order valence-corrected chi connectivity index (χ2v) is 7.81. The van der Waals surface area contributed by atoms with Crippen LogP contribution in [-0.2, 0) is 0 Å². The van der Waals surface area contributed by atoms with Crippen LogP contribution in [0.15, 0.2) is 91.0 Å². The Labute approximate surface area is 149 Å². The average Bonchev–Trinajstić information content (AvgIpc) is 2.64. The molecule has 128 valence electrons. The molecular formula is C20H21NO3P+. The number of rotatable bonds is 7. The molecule has 0 aliphatic heterocycles. The van der Waals surface area contributed by atoms with Crippen molar-refractivity contribution in [2.45, 2.75) is 0 Å². The molecule has 3 aromatic rings. The fourth-order valence-corrected chi connectivity index (χ4v) is 3.91. The van der Waals surface area contributed by atoms with E-state index in [0.29, 0.717) is 17.2 Å². The quantitative estimate of drug-likeness (QED) is 0.527. The second-order valence-electron chi connectivity index (χ2n) is 5.53. The maximum Gasteiger partial charge on any atom is 0.640 e. The van der Waals surface area contributed by atoms with Gasteiger partial charge in [0.15, 0.2) is 17.2 Å². The Morgan fingerprint density at radius 2 is 0.800 bits per heavy atom. The molecule has 0 unspecified atom stereocenters. The van der Waals surface area contributed by atoms with Gasteiger partial charge in [0.25, 0.3) is 0 Å². The molecule has 0 aliphatic carbocycles. The van der Waals surface area contributed by atoms with Crippen LogP contribution in [-0.4, -0.2) is 18.8 Å². The Morgan fingerprint density at radius 1 is 0.520 bits per heavy atom. The lowest BCUT2D eigenvalue weighted by atomic mass is 10.3. The largest absolute Gasteiger partial charge is 0.640 e. The van der Waals surface area contributed by atoms with E-state index in [0.717, 1.165) is 0 Å². The van der Waals surface area contributed by atoms with Gasteiger partial charge in [-0.15, -0.1) is 0 Å². The lowest BCUT2D eigenvalue weighted by molar-refractivity contribution is 0.291. The van der Waals surface area contributed by atoms with Crippen molar-refractivity contribution in [3.63, 3.8) is 0 Å². The van der Waals surface area contributed by atoms with E-state index >= 15 is 0 Å². The van der Waals surface area contributed by atoms with Gasteiger partial charge < -0.3 is 0 Å². The molecule has 3 rings (SSSR count). The summed E-state index contributed by atoms with van der Waals surface area (Å²) >= 11 is 0. The molecule has 3 aromatic carbocycles. The first kappa shape index (κ1) is 17.3. The fourth-order valence-electron chi connectivity index (χ4n) is 2.14. The maximum absolute atomic E-state index is 6.26. The van der Waals surface area contributed by atoms with E-state index in [1.165, 1.54) is 0 Å². The number of para-hydroxylation sites is 3. The van der Waals surface area contributed by atoms with Crippen LogP contribution in [0.1, 0.15) is 0 Å². The number of benzene rings is 3. The third kappa shape index (κ3) is 4.50. The standard InChI is InChI=1S/C20H21NO3P/c1-21(2)25(22-18-12-6-3-7-13-18,23-19-14-8-4-9-15-19)24-20-16-10-5-11-17-20/h3-17H,1-2H3/q+1. The molecule has 0 aromatic heterocycles. The van der Waals surface area contributed by atoms with E-state index in [1.807, 2.05) is 110 Å². The number of nitrogens with zero attached hydrogens (tertiary/aromatic N) is 1. The zero-order chi connectivity index (χ0) is 17.5. The minimum atomic E-state index is -2.90. The first-order valence-electron chi connectivity index (χ1n) is 7.99. The van der Waals surface area contributed by atoms with Crippen LogP contribution in [0, 0.1) is 0 Å². The molecule has 0 radical (unpaired) electrons. The molecule has 0 aliphatic rings. The van der Waals surface area contributed by atoms with Crippen molar-refractivity contribution in [2.24, 2.45) is 0 Å². The monoisotopic (exact) mass is 354 g/mol. The van der Waals surface area contributed by atoms with Crippen LogP contribution in [0.25, 0.3) is 0 Å². The van der Waals surface area contributed by atoms with Gasteiger partial charge in [-0.3, -0.25) is 13.6 Å². The molecule has 0 N–H and O–H groups in total. The summed E-state index contributed by atoms with van der Waals surface area (Å²) in [6.07, 6.45) is 0. The molecule has 4 nitrogen and oxygen atoms in total. The molecular weight excluding hydrogens is 333 g/mol. The lowest BCUT2D eigenvalue weighted by Gasteiger charge is -2.25. The van der Waals surface area contributed by atoms with Gasteiger partial charge in [0, 0.05) is 14.1 Å². The van der Waals surface area contributed by atoms with E-state index in [2.05, 4.69) is 0 Å². The fraction of sp³-hybridized carbons (Fsp3) is 0.100. The van der Waals surface area contributed by atoms with Crippen LogP contribution in [0.3, 0.4) is 0 Å². The van der Waals surface area contributed by atoms with E-state index in [1.54, 1.807) is 0 Å². The van der Waals surface area contributed by atoms with Gasteiger partial charge in [-0.05, 0) is 36.4 Å². The topological polar surface area (TPSA) is 30.9 Å². The molecule has 0 amide bonds. The van der Waals surface area contributed by atoms with Crippen molar-refractivity contribution in [3.05, 3.63) is 91.0 Å². The molecule has 25 heavy (non-hydrogen) atoms. The zero-order valence-electron chi connectivity index (χ0n) is 14.3. The Hall–Kier alpha value is -2.55. The highest BCUT2D eigenvalue weighted by Gasteiger charge is 2.54. The zero-order valence-corrected chi connectivity index (χ0v) is 15.2. The predicted molar refractivity (Wildman–Crippen MR) is 102 cm³/mol. The minimum absolute atomic E-state index is 0.691. The highest BCUT2D eigenvalue weighted by Crippen LogP contribution is 2.61. The van der Waals surface area contributed by atoms with Gasteiger partial charge in [0.2, 0.25) is 0 Å². The van der Waals surface area contributed by atoms with Crippen LogP contribution in [0.2, 0.25) is 0 Å².